The van der Waals surface area contributed by atoms with Gasteiger partial charge in [-0.3, -0.25) is 13.9 Å². The van der Waals surface area contributed by atoms with E-state index in [4.69, 9.17) is 16.3 Å². The van der Waals surface area contributed by atoms with Gasteiger partial charge >= 0.3 is 0 Å². The van der Waals surface area contributed by atoms with Crippen LogP contribution < -0.4 is 14.4 Å². The molecule has 0 spiro atoms. The number of nitrogens with zero attached hydrogens (tertiary/aromatic N) is 2. The number of ether oxygens (including phenoxy) is 1. The van der Waals surface area contributed by atoms with Crippen LogP contribution in [0.4, 0.5) is 5.69 Å². The van der Waals surface area contributed by atoms with Gasteiger partial charge in [0.2, 0.25) is 11.8 Å². The quantitative estimate of drug-likeness (QED) is 0.148. The second kappa shape index (κ2) is 16.3. The number of amides is 2. The van der Waals surface area contributed by atoms with Crippen molar-refractivity contribution in [3.8, 4) is 5.75 Å². The first-order chi connectivity index (χ1) is 22.4. The molecule has 1 N–H and O–H groups in total. The number of carbonyl (C=O) groups is 2. The highest BCUT2D eigenvalue weighted by Gasteiger charge is 2.35. The molecule has 0 heterocycles. The van der Waals surface area contributed by atoms with Crippen LogP contribution in [0.5, 0.6) is 5.75 Å². The van der Waals surface area contributed by atoms with Crippen molar-refractivity contribution in [1.29, 1.82) is 0 Å². The summed E-state index contributed by atoms with van der Waals surface area (Å²) < 4.78 is 35.7. The average Bonchev–Trinajstić information content (AvgIpc) is 3.06. The maximum atomic E-state index is 14.6. The predicted molar refractivity (Wildman–Crippen MR) is 190 cm³/mol. The van der Waals surface area contributed by atoms with E-state index in [0.29, 0.717) is 12.2 Å². The molecule has 2 amide bonds. The standard InChI is InChI=1S/C36H39BrClN3O5S/c1-5-26(3)39-36(43)33(21-27-9-7-6-8-10-27)40(23-28-13-15-29(37)16-14-28)35(42)24-41(30-17-20-34(46-4)32(38)22-30)47(44,45)31-18-11-25(2)12-19-31/h6-20,22,26,33H,5,21,23-24H2,1-4H3,(H,39,43)/t26-,33-/m0/s1. The Labute approximate surface area is 290 Å². The molecule has 0 aliphatic rings. The van der Waals surface area contributed by atoms with Crippen LogP contribution in [-0.2, 0) is 32.6 Å². The fourth-order valence-electron chi connectivity index (χ4n) is 4.96. The van der Waals surface area contributed by atoms with Gasteiger partial charge in [0.15, 0.2) is 0 Å². The number of rotatable bonds is 14. The molecule has 0 unspecified atom stereocenters. The maximum Gasteiger partial charge on any atom is 0.264 e. The SMILES string of the molecule is CC[C@H](C)NC(=O)[C@H](Cc1ccccc1)N(Cc1ccc(Br)cc1)C(=O)CN(c1ccc(OC)c(Cl)c1)S(=O)(=O)c1ccc(C)cc1. The molecule has 8 nitrogen and oxygen atoms in total. The lowest BCUT2D eigenvalue weighted by atomic mass is 10.0. The normalized spacial score (nSPS) is 12.6. The van der Waals surface area contributed by atoms with Crippen molar-refractivity contribution < 1.29 is 22.7 Å². The van der Waals surface area contributed by atoms with Gasteiger partial charge in [0.25, 0.3) is 10.0 Å². The summed E-state index contributed by atoms with van der Waals surface area (Å²) >= 11 is 9.91. The molecule has 11 heteroatoms. The van der Waals surface area contributed by atoms with Gasteiger partial charge in [-0.05, 0) is 73.9 Å². The highest BCUT2D eigenvalue weighted by molar-refractivity contribution is 9.10. The number of nitrogens with one attached hydrogen (secondary N) is 1. The molecular formula is C36H39BrClN3O5S. The number of halogens is 2. The second-order valence-electron chi connectivity index (χ2n) is 11.3. The second-order valence-corrected chi connectivity index (χ2v) is 14.5. The van der Waals surface area contributed by atoms with E-state index in [9.17, 15) is 18.0 Å². The fourth-order valence-corrected chi connectivity index (χ4v) is 6.88. The lowest BCUT2D eigenvalue weighted by Gasteiger charge is -2.34. The molecule has 2 atom stereocenters. The summed E-state index contributed by atoms with van der Waals surface area (Å²) in [4.78, 5) is 30.0. The molecule has 0 aliphatic carbocycles. The first-order valence-corrected chi connectivity index (χ1v) is 17.8. The Morgan fingerprint density at radius 3 is 2.19 bits per heavy atom. The first-order valence-electron chi connectivity index (χ1n) is 15.2. The Kier molecular flexibility index (Phi) is 12.5. The van der Waals surface area contributed by atoms with Crippen LogP contribution in [0, 0.1) is 6.92 Å². The summed E-state index contributed by atoms with van der Waals surface area (Å²) in [6, 6.07) is 26.8. The van der Waals surface area contributed by atoms with Crippen molar-refractivity contribution in [1.82, 2.24) is 10.2 Å². The minimum atomic E-state index is -4.26. The maximum absolute atomic E-state index is 14.6. The largest absolute Gasteiger partial charge is 0.495 e. The average molecular weight is 741 g/mol. The number of hydrogen-bond acceptors (Lipinski definition) is 5. The summed E-state index contributed by atoms with van der Waals surface area (Å²) in [5.41, 5.74) is 2.70. The molecule has 0 aromatic heterocycles. The minimum absolute atomic E-state index is 0.0117. The van der Waals surface area contributed by atoms with Gasteiger partial charge in [-0.2, -0.15) is 0 Å². The molecule has 0 aliphatic heterocycles. The summed E-state index contributed by atoms with van der Waals surface area (Å²) in [7, 11) is -2.80. The van der Waals surface area contributed by atoms with E-state index in [2.05, 4.69) is 21.2 Å². The van der Waals surface area contributed by atoms with E-state index in [-0.39, 0.29) is 40.5 Å². The molecule has 0 saturated carbocycles. The van der Waals surface area contributed by atoms with E-state index in [1.807, 2.05) is 75.4 Å². The summed E-state index contributed by atoms with van der Waals surface area (Å²) in [6.07, 6.45) is 0.926. The number of sulfonamides is 1. The molecule has 4 rings (SSSR count). The molecule has 0 radical (unpaired) electrons. The zero-order chi connectivity index (χ0) is 34.1. The van der Waals surface area contributed by atoms with Crippen LogP contribution in [0.3, 0.4) is 0 Å². The molecule has 4 aromatic carbocycles. The third kappa shape index (κ3) is 9.37. The summed E-state index contributed by atoms with van der Waals surface area (Å²) in [5, 5.41) is 3.23. The lowest BCUT2D eigenvalue weighted by molar-refractivity contribution is -0.140. The summed E-state index contributed by atoms with van der Waals surface area (Å²) in [5.74, 6) is -0.527. The van der Waals surface area contributed by atoms with Crippen molar-refractivity contribution in [2.75, 3.05) is 18.0 Å². The van der Waals surface area contributed by atoms with Gasteiger partial charge in [0.05, 0.1) is 22.7 Å². The van der Waals surface area contributed by atoms with Gasteiger partial charge in [0, 0.05) is 23.5 Å². The first kappa shape index (κ1) is 36.0. The van der Waals surface area contributed by atoms with E-state index < -0.39 is 28.5 Å². The molecule has 0 bridgehead atoms. The van der Waals surface area contributed by atoms with Crippen LogP contribution in [0.2, 0.25) is 5.02 Å². The Morgan fingerprint density at radius 1 is 0.936 bits per heavy atom. The Balaban J connectivity index is 1.83. The number of hydrogen-bond donors (Lipinski definition) is 1. The Morgan fingerprint density at radius 2 is 1.60 bits per heavy atom. The van der Waals surface area contributed by atoms with Gasteiger partial charge in [-0.15, -0.1) is 0 Å². The third-order valence-electron chi connectivity index (χ3n) is 7.85. The van der Waals surface area contributed by atoms with Crippen molar-refractivity contribution >= 4 is 55.1 Å². The predicted octanol–water partition coefficient (Wildman–Crippen LogP) is 7.17. The molecule has 0 saturated heterocycles. The number of aryl methyl sites for hydroxylation is 1. The molecule has 4 aromatic rings. The topological polar surface area (TPSA) is 96.0 Å². The van der Waals surface area contributed by atoms with Gasteiger partial charge < -0.3 is 15.0 Å². The fraction of sp³-hybridized carbons (Fsp3) is 0.278. The number of anilines is 1. The van der Waals surface area contributed by atoms with Crippen LogP contribution >= 0.6 is 27.5 Å². The van der Waals surface area contributed by atoms with Crippen LogP contribution in [-0.4, -0.2) is 50.9 Å². The van der Waals surface area contributed by atoms with E-state index in [1.54, 1.807) is 24.3 Å². The number of benzene rings is 4. The van der Waals surface area contributed by atoms with Crippen LogP contribution in [0.25, 0.3) is 0 Å². The van der Waals surface area contributed by atoms with Gasteiger partial charge in [0.1, 0.15) is 18.3 Å². The van der Waals surface area contributed by atoms with E-state index >= 15 is 0 Å². The Bertz CT molecular complexity index is 1770. The monoisotopic (exact) mass is 739 g/mol. The number of methoxy groups -OCH3 is 1. The smallest absolute Gasteiger partial charge is 0.264 e. The van der Waals surface area contributed by atoms with Crippen molar-refractivity contribution in [3.63, 3.8) is 0 Å². The van der Waals surface area contributed by atoms with E-state index in [1.165, 1.54) is 30.2 Å². The number of carbonyl (C=O) groups excluding carboxylic acids is 2. The van der Waals surface area contributed by atoms with Crippen LogP contribution in [0.1, 0.15) is 37.0 Å². The summed E-state index contributed by atoms with van der Waals surface area (Å²) in [6.45, 7) is 5.21. The van der Waals surface area contributed by atoms with Crippen molar-refractivity contribution in [2.45, 2.75) is 57.1 Å². The minimum Gasteiger partial charge on any atom is -0.495 e. The van der Waals surface area contributed by atoms with Crippen molar-refractivity contribution in [3.05, 3.63) is 123 Å². The van der Waals surface area contributed by atoms with Crippen molar-refractivity contribution in [2.24, 2.45) is 0 Å². The molecule has 0 fully saturated rings. The highest BCUT2D eigenvalue weighted by Crippen LogP contribution is 2.32. The Hall–Kier alpha value is -3.86. The zero-order valence-electron chi connectivity index (χ0n) is 26.8. The lowest BCUT2D eigenvalue weighted by Crippen LogP contribution is -2.54. The molecular weight excluding hydrogens is 702 g/mol. The molecule has 47 heavy (non-hydrogen) atoms. The van der Waals surface area contributed by atoms with E-state index in [0.717, 1.165) is 25.5 Å². The zero-order valence-corrected chi connectivity index (χ0v) is 30.0. The highest BCUT2D eigenvalue weighted by atomic mass is 79.9. The van der Waals surface area contributed by atoms with Gasteiger partial charge in [-0.25, -0.2) is 8.42 Å². The molecule has 248 valence electrons. The van der Waals surface area contributed by atoms with Crippen LogP contribution in [0.15, 0.2) is 106 Å². The third-order valence-corrected chi connectivity index (χ3v) is 10.5. The van der Waals surface area contributed by atoms with Gasteiger partial charge in [-0.1, -0.05) is 94.6 Å².